The minimum absolute atomic E-state index is 0.457. The Morgan fingerprint density at radius 1 is 1.31 bits per heavy atom. The lowest BCUT2D eigenvalue weighted by Gasteiger charge is -2.35. The van der Waals surface area contributed by atoms with Crippen LogP contribution in [0.4, 0.5) is 11.5 Å². The van der Waals surface area contributed by atoms with Crippen LogP contribution in [0.5, 0.6) is 0 Å². The molecule has 154 valence electrons. The monoisotopic (exact) mass is 395 g/mol. The average Bonchev–Trinajstić information content (AvgIpc) is 2.75. The van der Waals surface area contributed by atoms with Gasteiger partial charge in [-0.25, -0.2) is 4.98 Å². The van der Waals surface area contributed by atoms with Crippen LogP contribution in [0.25, 0.3) is 0 Å². The Bertz CT molecular complexity index is 850. The van der Waals surface area contributed by atoms with E-state index in [2.05, 4.69) is 16.3 Å². The Labute approximate surface area is 171 Å². The van der Waals surface area contributed by atoms with Crippen molar-refractivity contribution < 1.29 is 14.6 Å². The first-order valence-corrected chi connectivity index (χ1v) is 10.5. The maximum atomic E-state index is 12.5. The summed E-state index contributed by atoms with van der Waals surface area (Å²) in [5, 5.41) is 13.2. The van der Waals surface area contributed by atoms with E-state index in [1.54, 1.807) is 24.3 Å². The van der Waals surface area contributed by atoms with Crippen LogP contribution in [0.15, 0.2) is 36.4 Å². The number of carbonyl (C=O) groups excluding carboxylic acids is 1. The predicted molar refractivity (Wildman–Crippen MR) is 113 cm³/mol. The second kappa shape index (κ2) is 8.93. The summed E-state index contributed by atoms with van der Waals surface area (Å²) in [6.07, 6.45) is 2.99. The van der Waals surface area contributed by atoms with Gasteiger partial charge < -0.3 is 20.1 Å². The molecule has 0 aliphatic carbocycles. The van der Waals surface area contributed by atoms with Gasteiger partial charge in [0.1, 0.15) is 5.82 Å². The average molecular weight is 396 g/mol. The summed E-state index contributed by atoms with van der Waals surface area (Å²) in [6.45, 7) is 5.76. The lowest BCUT2D eigenvalue weighted by Crippen LogP contribution is -2.36. The fraction of sp³-hybridized carbons (Fsp3) is 0.478. The van der Waals surface area contributed by atoms with Gasteiger partial charge in [-0.15, -0.1) is 0 Å². The zero-order chi connectivity index (χ0) is 20.2. The summed E-state index contributed by atoms with van der Waals surface area (Å²) in [7, 11) is 0. The number of pyridine rings is 1. The summed E-state index contributed by atoms with van der Waals surface area (Å²) in [4.78, 5) is 19.7. The van der Waals surface area contributed by atoms with Crippen LogP contribution in [0, 0.1) is 12.8 Å². The first kappa shape index (κ1) is 19.9. The summed E-state index contributed by atoms with van der Waals surface area (Å²) in [6, 6.07) is 11.1. The van der Waals surface area contributed by atoms with Crippen LogP contribution in [0.2, 0.25) is 0 Å². The Morgan fingerprint density at radius 3 is 2.83 bits per heavy atom. The van der Waals surface area contributed by atoms with Crippen LogP contribution >= 0.6 is 0 Å². The van der Waals surface area contributed by atoms with Crippen molar-refractivity contribution >= 4 is 17.4 Å². The Hall–Kier alpha value is -2.44. The van der Waals surface area contributed by atoms with Gasteiger partial charge in [0.15, 0.2) is 6.10 Å². The number of carbonyl (C=O) groups is 1. The fourth-order valence-corrected chi connectivity index (χ4v) is 4.18. The molecule has 0 radical (unpaired) electrons. The minimum Gasteiger partial charge on any atom is -0.381 e. The number of aromatic nitrogens is 1. The number of hydrogen-bond donors (Lipinski definition) is 2. The molecule has 1 saturated heterocycles. The van der Waals surface area contributed by atoms with E-state index in [0.717, 1.165) is 63.2 Å². The van der Waals surface area contributed by atoms with Crippen molar-refractivity contribution in [2.75, 3.05) is 36.5 Å². The molecule has 1 fully saturated rings. The number of rotatable bonds is 5. The molecule has 1 aromatic heterocycles. The summed E-state index contributed by atoms with van der Waals surface area (Å²) in [5.41, 5.74) is 3.69. The molecule has 2 aliphatic heterocycles. The highest BCUT2D eigenvalue weighted by molar-refractivity contribution is 5.94. The lowest BCUT2D eigenvalue weighted by atomic mass is 9.97. The summed E-state index contributed by atoms with van der Waals surface area (Å²) >= 11 is 0. The molecule has 0 saturated carbocycles. The van der Waals surface area contributed by atoms with Crippen molar-refractivity contribution in [3.63, 3.8) is 0 Å². The number of nitrogens with zero attached hydrogens (tertiary/aromatic N) is 2. The second-order valence-electron chi connectivity index (χ2n) is 8.03. The maximum absolute atomic E-state index is 12.5. The van der Waals surface area contributed by atoms with E-state index in [4.69, 9.17) is 9.72 Å². The molecule has 2 aliphatic rings. The molecule has 6 nitrogen and oxygen atoms in total. The van der Waals surface area contributed by atoms with Crippen molar-refractivity contribution in [1.82, 2.24) is 4.98 Å². The van der Waals surface area contributed by atoms with Crippen LogP contribution < -0.4 is 10.2 Å². The van der Waals surface area contributed by atoms with Gasteiger partial charge >= 0.3 is 0 Å². The van der Waals surface area contributed by atoms with E-state index in [9.17, 15) is 9.90 Å². The van der Waals surface area contributed by atoms with Crippen molar-refractivity contribution in [3.05, 3.63) is 53.2 Å². The number of anilines is 2. The van der Waals surface area contributed by atoms with E-state index < -0.39 is 12.0 Å². The van der Waals surface area contributed by atoms with E-state index >= 15 is 0 Å². The largest absolute Gasteiger partial charge is 0.381 e. The van der Waals surface area contributed by atoms with Gasteiger partial charge in [-0.2, -0.15) is 0 Å². The summed E-state index contributed by atoms with van der Waals surface area (Å²) < 4.78 is 5.49. The SMILES string of the molecule is Cc1cc2c(nc1NC(=O)[C@H](O)c1ccccc1)CCCN2CC1CCOCC1. The van der Waals surface area contributed by atoms with Crippen molar-refractivity contribution in [1.29, 1.82) is 0 Å². The van der Waals surface area contributed by atoms with Crippen LogP contribution in [-0.4, -0.2) is 42.3 Å². The van der Waals surface area contributed by atoms with Gasteiger partial charge in [0.25, 0.3) is 5.91 Å². The first-order valence-electron chi connectivity index (χ1n) is 10.5. The van der Waals surface area contributed by atoms with Gasteiger partial charge in [0.05, 0.1) is 11.4 Å². The number of hydrogen-bond acceptors (Lipinski definition) is 5. The number of aliphatic hydroxyl groups is 1. The third-order valence-corrected chi connectivity index (χ3v) is 5.88. The van der Waals surface area contributed by atoms with Crippen LogP contribution in [0.3, 0.4) is 0 Å². The molecular weight excluding hydrogens is 366 g/mol. The van der Waals surface area contributed by atoms with Crippen LogP contribution in [0.1, 0.15) is 42.2 Å². The Morgan fingerprint density at radius 2 is 2.07 bits per heavy atom. The highest BCUT2D eigenvalue weighted by Crippen LogP contribution is 2.31. The minimum atomic E-state index is -1.21. The molecule has 2 aromatic rings. The van der Waals surface area contributed by atoms with E-state index in [-0.39, 0.29) is 0 Å². The van der Waals surface area contributed by atoms with Crippen molar-refractivity contribution in [2.45, 2.75) is 38.7 Å². The van der Waals surface area contributed by atoms with Crippen molar-refractivity contribution in [2.24, 2.45) is 5.92 Å². The summed E-state index contributed by atoms with van der Waals surface area (Å²) in [5.74, 6) is 0.744. The third-order valence-electron chi connectivity index (χ3n) is 5.88. The number of fused-ring (bicyclic) bond motifs is 1. The first-order chi connectivity index (χ1) is 14.1. The maximum Gasteiger partial charge on any atom is 0.259 e. The predicted octanol–water partition coefficient (Wildman–Crippen LogP) is 3.24. The van der Waals surface area contributed by atoms with Gasteiger partial charge in [0, 0.05) is 26.3 Å². The highest BCUT2D eigenvalue weighted by Gasteiger charge is 2.25. The number of ether oxygens (including phenoxy) is 1. The number of benzene rings is 1. The number of aliphatic hydroxyl groups excluding tert-OH is 1. The molecular formula is C23H29N3O3. The molecule has 6 heteroatoms. The normalized spacial score (nSPS) is 18.2. The second-order valence-corrected chi connectivity index (χ2v) is 8.03. The van der Waals surface area contributed by atoms with E-state index in [0.29, 0.717) is 17.3 Å². The lowest BCUT2D eigenvalue weighted by molar-refractivity contribution is -0.124. The molecule has 1 aromatic carbocycles. The molecule has 1 atom stereocenters. The molecule has 2 N–H and O–H groups in total. The molecule has 1 amide bonds. The molecule has 3 heterocycles. The van der Waals surface area contributed by atoms with E-state index in [1.165, 1.54) is 5.69 Å². The fourth-order valence-electron chi connectivity index (χ4n) is 4.18. The Balaban J connectivity index is 1.49. The highest BCUT2D eigenvalue weighted by atomic mass is 16.5. The van der Waals surface area contributed by atoms with Gasteiger partial charge in [-0.1, -0.05) is 30.3 Å². The molecule has 29 heavy (non-hydrogen) atoms. The molecule has 0 spiro atoms. The number of nitrogens with one attached hydrogen (secondary N) is 1. The Kier molecular flexibility index (Phi) is 6.11. The molecule has 4 rings (SSSR count). The smallest absolute Gasteiger partial charge is 0.259 e. The molecule has 0 unspecified atom stereocenters. The van der Waals surface area contributed by atoms with Gasteiger partial charge in [-0.05, 0) is 55.7 Å². The standard InChI is InChI=1S/C23H29N3O3/c1-16-14-20-19(8-5-11-26(20)15-17-9-12-29-13-10-17)24-22(16)25-23(28)21(27)18-6-3-2-4-7-18/h2-4,6-7,14,17,21,27H,5,8-13,15H2,1H3,(H,24,25,28)/t21-/m1/s1. The van der Waals surface area contributed by atoms with Crippen LogP contribution in [-0.2, 0) is 16.0 Å². The topological polar surface area (TPSA) is 74.7 Å². The van der Waals surface area contributed by atoms with E-state index in [1.807, 2.05) is 13.0 Å². The van der Waals surface area contributed by atoms with Gasteiger partial charge in [-0.3, -0.25) is 4.79 Å². The molecule has 0 bridgehead atoms. The zero-order valence-electron chi connectivity index (χ0n) is 16.9. The third kappa shape index (κ3) is 4.60. The zero-order valence-corrected chi connectivity index (χ0v) is 16.9. The van der Waals surface area contributed by atoms with Crippen molar-refractivity contribution in [3.8, 4) is 0 Å². The number of aryl methyl sites for hydroxylation is 2. The number of amides is 1. The van der Waals surface area contributed by atoms with Gasteiger partial charge in [0.2, 0.25) is 0 Å². The quantitative estimate of drug-likeness (QED) is 0.813.